The Labute approximate surface area is 138 Å². The second-order valence-corrected chi connectivity index (χ2v) is 6.31. The van der Waals surface area contributed by atoms with Crippen LogP contribution in [0.4, 0.5) is 0 Å². The zero-order chi connectivity index (χ0) is 17.0. The summed E-state index contributed by atoms with van der Waals surface area (Å²) in [5.74, 6) is -0.0288. The molecule has 0 spiro atoms. The summed E-state index contributed by atoms with van der Waals surface area (Å²) in [6, 6.07) is 1.52. The van der Waals surface area contributed by atoms with Crippen LogP contribution in [0.5, 0.6) is 0 Å². The quantitative estimate of drug-likeness (QED) is 0.804. The summed E-state index contributed by atoms with van der Waals surface area (Å²) in [4.78, 5) is 28.9. The van der Waals surface area contributed by atoms with Gasteiger partial charge in [0.1, 0.15) is 11.7 Å². The second-order valence-electron chi connectivity index (χ2n) is 6.31. The van der Waals surface area contributed by atoms with Gasteiger partial charge in [0.25, 0.3) is 5.91 Å². The van der Waals surface area contributed by atoms with E-state index in [0.717, 1.165) is 37.8 Å². The number of aromatic nitrogens is 2. The molecule has 2 amide bonds. The van der Waals surface area contributed by atoms with Crippen LogP contribution in [0, 0.1) is 0 Å². The summed E-state index contributed by atoms with van der Waals surface area (Å²) in [6.45, 7) is 5.37. The number of rotatable bonds is 6. The van der Waals surface area contributed by atoms with Crippen molar-refractivity contribution >= 4 is 11.8 Å². The molecule has 6 heteroatoms. The van der Waals surface area contributed by atoms with E-state index in [9.17, 15) is 9.59 Å². The van der Waals surface area contributed by atoms with Gasteiger partial charge in [0.05, 0.1) is 5.69 Å². The topological polar surface area (TPSA) is 58.4 Å². The summed E-state index contributed by atoms with van der Waals surface area (Å²) in [7, 11) is 3.61. The SMILES string of the molecule is CCCC[C@H]1C(=O)N(C)CCN1C(=O)c1cc(CCC)nn1C. The van der Waals surface area contributed by atoms with Crippen molar-refractivity contribution in [1.29, 1.82) is 0 Å². The number of unbranched alkanes of at least 4 members (excludes halogenated alkanes) is 1. The molecule has 0 bridgehead atoms. The first-order chi connectivity index (χ1) is 11.0. The highest BCUT2D eigenvalue weighted by Crippen LogP contribution is 2.19. The first kappa shape index (κ1) is 17.5. The number of nitrogens with zero attached hydrogens (tertiary/aromatic N) is 4. The predicted octanol–water partition coefficient (Wildman–Crippen LogP) is 1.85. The lowest BCUT2D eigenvalue weighted by Crippen LogP contribution is -2.57. The summed E-state index contributed by atoms with van der Waals surface area (Å²) in [6.07, 6.45) is 4.55. The molecule has 1 aliphatic rings. The molecule has 0 N–H and O–H groups in total. The number of hydrogen-bond acceptors (Lipinski definition) is 3. The van der Waals surface area contributed by atoms with Gasteiger partial charge in [0.15, 0.2) is 0 Å². The number of carbonyl (C=O) groups excluding carboxylic acids is 2. The number of hydrogen-bond donors (Lipinski definition) is 0. The first-order valence-corrected chi connectivity index (χ1v) is 8.58. The smallest absolute Gasteiger partial charge is 0.272 e. The average Bonchev–Trinajstić information content (AvgIpc) is 2.89. The molecule has 1 aromatic rings. The lowest BCUT2D eigenvalue weighted by atomic mass is 10.0. The third-order valence-corrected chi connectivity index (χ3v) is 4.46. The molecule has 23 heavy (non-hydrogen) atoms. The number of likely N-dealkylation sites (N-methyl/N-ethyl adjacent to an activating group) is 1. The Morgan fingerprint density at radius 3 is 2.65 bits per heavy atom. The van der Waals surface area contributed by atoms with Crippen molar-refractivity contribution in [3.05, 3.63) is 17.5 Å². The van der Waals surface area contributed by atoms with Gasteiger partial charge in [0, 0.05) is 27.2 Å². The van der Waals surface area contributed by atoms with E-state index in [2.05, 4.69) is 18.9 Å². The molecule has 0 saturated carbocycles. The van der Waals surface area contributed by atoms with Gasteiger partial charge in [-0.3, -0.25) is 14.3 Å². The van der Waals surface area contributed by atoms with Crippen molar-refractivity contribution in [2.45, 2.75) is 52.0 Å². The maximum Gasteiger partial charge on any atom is 0.272 e. The van der Waals surface area contributed by atoms with Gasteiger partial charge < -0.3 is 9.80 Å². The molecule has 2 rings (SSSR count). The largest absolute Gasteiger partial charge is 0.342 e. The molecule has 128 valence electrons. The predicted molar refractivity (Wildman–Crippen MR) is 89.2 cm³/mol. The highest BCUT2D eigenvalue weighted by atomic mass is 16.2. The molecule has 1 aliphatic heterocycles. The maximum absolute atomic E-state index is 13.0. The molecule has 0 unspecified atom stereocenters. The van der Waals surface area contributed by atoms with E-state index in [1.807, 2.05) is 13.1 Å². The second kappa shape index (κ2) is 7.62. The zero-order valence-electron chi connectivity index (χ0n) is 14.7. The molecule has 6 nitrogen and oxygen atoms in total. The van der Waals surface area contributed by atoms with Crippen LogP contribution in [-0.4, -0.2) is 57.6 Å². The van der Waals surface area contributed by atoms with Crippen molar-refractivity contribution < 1.29 is 9.59 Å². The zero-order valence-corrected chi connectivity index (χ0v) is 14.7. The Balaban J connectivity index is 2.22. The molecular weight excluding hydrogens is 292 g/mol. The van der Waals surface area contributed by atoms with Gasteiger partial charge in [-0.1, -0.05) is 33.1 Å². The Bertz CT molecular complexity index is 567. The van der Waals surface area contributed by atoms with Crippen LogP contribution in [0.2, 0.25) is 0 Å². The summed E-state index contributed by atoms with van der Waals surface area (Å²) >= 11 is 0. The molecule has 2 heterocycles. The van der Waals surface area contributed by atoms with E-state index >= 15 is 0 Å². The third-order valence-electron chi connectivity index (χ3n) is 4.46. The highest BCUT2D eigenvalue weighted by Gasteiger charge is 2.36. The monoisotopic (exact) mass is 320 g/mol. The van der Waals surface area contributed by atoms with Gasteiger partial charge in [-0.05, 0) is 18.9 Å². The lowest BCUT2D eigenvalue weighted by Gasteiger charge is -2.39. The average molecular weight is 320 g/mol. The fraction of sp³-hybridized carbons (Fsp3) is 0.706. The minimum Gasteiger partial charge on any atom is -0.342 e. The van der Waals surface area contributed by atoms with Gasteiger partial charge in [0.2, 0.25) is 5.91 Å². The summed E-state index contributed by atoms with van der Waals surface area (Å²) in [5, 5.41) is 4.41. The molecular formula is C17H28N4O2. The van der Waals surface area contributed by atoms with Crippen LogP contribution in [-0.2, 0) is 18.3 Å². The summed E-state index contributed by atoms with van der Waals surface area (Å²) in [5.41, 5.74) is 1.51. The summed E-state index contributed by atoms with van der Waals surface area (Å²) < 4.78 is 1.65. The van der Waals surface area contributed by atoms with Gasteiger partial charge in [-0.15, -0.1) is 0 Å². The van der Waals surface area contributed by atoms with E-state index in [1.54, 1.807) is 21.5 Å². The van der Waals surface area contributed by atoms with Crippen LogP contribution >= 0.6 is 0 Å². The molecule has 0 radical (unpaired) electrons. The van der Waals surface area contributed by atoms with Crippen molar-refractivity contribution in [1.82, 2.24) is 19.6 Å². The van der Waals surface area contributed by atoms with E-state index < -0.39 is 0 Å². The maximum atomic E-state index is 13.0. The van der Waals surface area contributed by atoms with Gasteiger partial charge >= 0.3 is 0 Å². The van der Waals surface area contributed by atoms with Gasteiger partial charge in [-0.2, -0.15) is 5.10 Å². The van der Waals surface area contributed by atoms with Crippen molar-refractivity contribution in [2.24, 2.45) is 7.05 Å². The normalized spacial score (nSPS) is 18.6. The third kappa shape index (κ3) is 3.74. The van der Waals surface area contributed by atoms with Crippen LogP contribution in [0.1, 0.15) is 55.7 Å². The van der Waals surface area contributed by atoms with Crippen LogP contribution in [0.25, 0.3) is 0 Å². The minimum absolute atomic E-state index is 0.0500. The molecule has 1 fully saturated rings. The van der Waals surface area contributed by atoms with Gasteiger partial charge in [-0.25, -0.2) is 0 Å². The Morgan fingerprint density at radius 1 is 1.26 bits per heavy atom. The van der Waals surface area contributed by atoms with Crippen LogP contribution in [0.15, 0.2) is 6.07 Å². The highest BCUT2D eigenvalue weighted by molar-refractivity contribution is 5.97. The van der Waals surface area contributed by atoms with E-state index in [1.165, 1.54) is 0 Å². The minimum atomic E-state index is -0.342. The van der Waals surface area contributed by atoms with E-state index in [4.69, 9.17) is 0 Å². The molecule has 1 aromatic heterocycles. The fourth-order valence-electron chi connectivity index (χ4n) is 3.08. The fourth-order valence-corrected chi connectivity index (χ4v) is 3.08. The molecule has 1 saturated heterocycles. The van der Waals surface area contributed by atoms with Crippen molar-refractivity contribution in [2.75, 3.05) is 20.1 Å². The number of amides is 2. The van der Waals surface area contributed by atoms with Crippen molar-refractivity contribution in [3.8, 4) is 0 Å². The van der Waals surface area contributed by atoms with Crippen LogP contribution < -0.4 is 0 Å². The van der Waals surface area contributed by atoms with Crippen molar-refractivity contribution in [3.63, 3.8) is 0 Å². The Kier molecular flexibility index (Phi) is 5.80. The molecule has 0 aromatic carbocycles. The number of aryl methyl sites for hydroxylation is 2. The molecule has 1 atom stereocenters. The van der Waals surface area contributed by atoms with E-state index in [-0.39, 0.29) is 17.9 Å². The standard InChI is InChI=1S/C17H28N4O2/c1-5-7-9-14-16(22)19(3)10-11-21(14)17(23)15-12-13(8-6-2)18-20(15)4/h12,14H,5-11H2,1-4H3/t14-/m0/s1. The first-order valence-electron chi connectivity index (χ1n) is 8.58. The van der Waals surface area contributed by atoms with Crippen LogP contribution in [0.3, 0.4) is 0 Å². The number of carbonyl (C=O) groups is 2. The lowest BCUT2D eigenvalue weighted by molar-refractivity contribution is -0.138. The number of piperazine rings is 1. The van der Waals surface area contributed by atoms with E-state index in [0.29, 0.717) is 18.8 Å². The Morgan fingerprint density at radius 2 is 2.00 bits per heavy atom. The Hall–Kier alpha value is -1.85. The molecule has 0 aliphatic carbocycles.